The van der Waals surface area contributed by atoms with Crippen molar-refractivity contribution in [3.63, 3.8) is 0 Å². The Kier molecular flexibility index (Phi) is 4.17. The average Bonchev–Trinajstić information content (AvgIpc) is 2.40. The summed E-state index contributed by atoms with van der Waals surface area (Å²) < 4.78 is 41.3. The van der Waals surface area contributed by atoms with E-state index in [1.54, 1.807) is 12.4 Å². The monoisotopic (exact) mass is 269 g/mol. The van der Waals surface area contributed by atoms with Gasteiger partial charge in [0.1, 0.15) is 0 Å². The summed E-state index contributed by atoms with van der Waals surface area (Å²) in [5.74, 6) is -1.34. The van der Waals surface area contributed by atoms with E-state index in [0.29, 0.717) is 17.9 Å². The van der Waals surface area contributed by atoms with Gasteiger partial charge >= 0.3 is 6.61 Å². The van der Waals surface area contributed by atoms with E-state index in [9.17, 15) is 13.2 Å². The first-order valence-corrected chi connectivity index (χ1v) is 5.38. The summed E-state index contributed by atoms with van der Waals surface area (Å²) in [6, 6.07) is 3.66. The summed E-state index contributed by atoms with van der Waals surface area (Å²) >= 11 is 0. The Hall–Kier alpha value is -2.31. The highest BCUT2D eigenvalue weighted by atomic mass is 19.3. The molecule has 0 aliphatic heterocycles. The quantitative estimate of drug-likeness (QED) is 0.906. The molecule has 0 unspecified atom stereocenters. The van der Waals surface area contributed by atoms with Crippen LogP contribution < -0.4 is 10.1 Å². The fourth-order valence-electron chi connectivity index (χ4n) is 1.42. The number of rotatable bonds is 5. The molecule has 1 aromatic heterocycles. The molecule has 0 radical (unpaired) electrons. The molecule has 4 nitrogen and oxygen atoms in total. The highest BCUT2D eigenvalue weighted by Gasteiger charge is 2.10. The van der Waals surface area contributed by atoms with Crippen LogP contribution in [0, 0.1) is 5.82 Å². The van der Waals surface area contributed by atoms with E-state index in [1.165, 1.54) is 12.3 Å². The van der Waals surface area contributed by atoms with Crippen molar-refractivity contribution in [3.8, 4) is 5.75 Å². The third kappa shape index (κ3) is 3.84. The standard InChI is InChI=1S/C12H10F3N3O/c13-10-5-8(1-2-11(10)19-12(14)15)18-7-9-6-16-3-4-17-9/h1-6,12,18H,7H2. The molecule has 0 bridgehead atoms. The van der Waals surface area contributed by atoms with Crippen LogP contribution in [0.2, 0.25) is 0 Å². The third-order valence-electron chi connectivity index (χ3n) is 2.24. The fraction of sp³-hybridized carbons (Fsp3) is 0.167. The van der Waals surface area contributed by atoms with Crippen molar-refractivity contribution in [2.24, 2.45) is 0 Å². The molecule has 19 heavy (non-hydrogen) atoms. The molecule has 0 saturated carbocycles. The number of nitrogens with one attached hydrogen (secondary N) is 1. The summed E-state index contributed by atoms with van der Waals surface area (Å²) in [5.41, 5.74) is 1.11. The summed E-state index contributed by atoms with van der Waals surface area (Å²) in [6.07, 6.45) is 4.65. The number of hydrogen-bond donors (Lipinski definition) is 1. The Balaban J connectivity index is 2.00. The van der Waals surface area contributed by atoms with Crippen LogP contribution in [0.1, 0.15) is 5.69 Å². The average molecular weight is 269 g/mol. The number of anilines is 1. The van der Waals surface area contributed by atoms with Gasteiger partial charge in [0.25, 0.3) is 0 Å². The Morgan fingerprint density at radius 1 is 1.26 bits per heavy atom. The maximum Gasteiger partial charge on any atom is 0.387 e. The van der Waals surface area contributed by atoms with Gasteiger partial charge in [-0.05, 0) is 12.1 Å². The first-order valence-electron chi connectivity index (χ1n) is 5.38. The molecule has 2 aromatic rings. The topological polar surface area (TPSA) is 47.0 Å². The fourth-order valence-corrected chi connectivity index (χ4v) is 1.42. The summed E-state index contributed by atoms with van der Waals surface area (Å²) in [4.78, 5) is 7.91. The normalized spacial score (nSPS) is 10.5. The Morgan fingerprint density at radius 3 is 2.74 bits per heavy atom. The molecule has 0 fully saturated rings. The van der Waals surface area contributed by atoms with Crippen molar-refractivity contribution in [1.29, 1.82) is 0 Å². The van der Waals surface area contributed by atoms with E-state index in [-0.39, 0.29) is 0 Å². The number of benzene rings is 1. The molecule has 0 spiro atoms. The van der Waals surface area contributed by atoms with E-state index in [0.717, 1.165) is 12.1 Å². The van der Waals surface area contributed by atoms with Crippen molar-refractivity contribution in [2.45, 2.75) is 13.2 Å². The second-order valence-corrected chi connectivity index (χ2v) is 3.57. The van der Waals surface area contributed by atoms with Crippen LogP contribution in [0.3, 0.4) is 0 Å². The largest absolute Gasteiger partial charge is 0.432 e. The van der Waals surface area contributed by atoms with Crippen LogP contribution in [-0.4, -0.2) is 16.6 Å². The SMILES string of the molecule is Fc1cc(NCc2cnccn2)ccc1OC(F)F. The van der Waals surface area contributed by atoms with Crippen LogP contribution >= 0.6 is 0 Å². The van der Waals surface area contributed by atoms with Gasteiger partial charge in [-0.2, -0.15) is 8.78 Å². The molecule has 0 amide bonds. The molecule has 7 heteroatoms. The van der Waals surface area contributed by atoms with E-state index < -0.39 is 18.2 Å². The van der Waals surface area contributed by atoms with E-state index >= 15 is 0 Å². The first-order chi connectivity index (χ1) is 9.15. The van der Waals surface area contributed by atoms with Crippen LogP contribution in [0.5, 0.6) is 5.75 Å². The van der Waals surface area contributed by atoms with Crippen LogP contribution in [0.4, 0.5) is 18.9 Å². The van der Waals surface area contributed by atoms with Gasteiger partial charge in [-0.25, -0.2) is 4.39 Å². The van der Waals surface area contributed by atoms with Gasteiger partial charge in [0.2, 0.25) is 0 Å². The van der Waals surface area contributed by atoms with Crippen molar-refractivity contribution in [2.75, 3.05) is 5.32 Å². The van der Waals surface area contributed by atoms with Crippen molar-refractivity contribution >= 4 is 5.69 Å². The molecule has 1 N–H and O–H groups in total. The molecule has 100 valence electrons. The van der Waals surface area contributed by atoms with Gasteiger partial charge in [-0.1, -0.05) is 0 Å². The highest BCUT2D eigenvalue weighted by molar-refractivity contribution is 5.47. The predicted octanol–water partition coefficient (Wildman–Crippen LogP) is 2.83. The van der Waals surface area contributed by atoms with Crippen LogP contribution in [0.15, 0.2) is 36.8 Å². The Morgan fingerprint density at radius 2 is 2.11 bits per heavy atom. The third-order valence-corrected chi connectivity index (χ3v) is 2.24. The van der Waals surface area contributed by atoms with Crippen molar-refractivity contribution in [1.82, 2.24) is 9.97 Å². The number of ether oxygens (including phenoxy) is 1. The molecule has 0 saturated heterocycles. The van der Waals surface area contributed by atoms with Gasteiger partial charge in [0.05, 0.1) is 18.4 Å². The zero-order chi connectivity index (χ0) is 13.7. The number of halogens is 3. The van der Waals surface area contributed by atoms with E-state index in [2.05, 4.69) is 20.0 Å². The van der Waals surface area contributed by atoms with Crippen molar-refractivity contribution < 1.29 is 17.9 Å². The van der Waals surface area contributed by atoms with Gasteiger partial charge < -0.3 is 10.1 Å². The Labute approximate surface area is 107 Å². The number of hydrogen-bond acceptors (Lipinski definition) is 4. The second kappa shape index (κ2) is 6.03. The smallest absolute Gasteiger partial charge is 0.387 e. The summed E-state index contributed by atoms with van der Waals surface area (Å²) in [5, 5.41) is 2.90. The molecule has 0 aliphatic rings. The van der Waals surface area contributed by atoms with Gasteiger partial charge in [-0.15, -0.1) is 0 Å². The summed E-state index contributed by atoms with van der Waals surface area (Å²) in [6.45, 7) is -2.70. The minimum atomic E-state index is -3.05. The molecule has 1 heterocycles. The first kappa shape index (κ1) is 13.1. The highest BCUT2D eigenvalue weighted by Crippen LogP contribution is 2.22. The molecule has 0 aliphatic carbocycles. The zero-order valence-electron chi connectivity index (χ0n) is 9.69. The number of aromatic nitrogens is 2. The minimum Gasteiger partial charge on any atom is -0.432 e. The van der Waals surface area contributed by atoms with Gasteiger partial charge in [-0.3, -0.25) is 9.97 Å². The van der Waals surface area contributed by atoms with Crippen molar-refractivity contribution in [3.05, 3.63) is 48.3 Å². The lowest BCUT2D eigenvalue weighted by Crippen LogP contribution is -2.05. The zero-order valence-corrected chi connectivity index (χ0v) is 9.69. The lowest BCUT2D eigenvalue weighted by molar-refractivity contribution is -0.0521. The lowest BCUT2D eigenvalue weighted by atomic mass is 10.3. The number of nitrogens with zero attached hydrogens (tertiary/aromatic N) is 2. The molecule has 2 rings (SSSR count). The molecule has 1 aromatic carbocycles. The maximum atomic E-state index is 13.4. The van der Waals surface area contributed by atoms with Crippen LogP contribution in [0.25, 0.3) is 0 Å². The lowest BCUT2D eigenvalue weighted by Gasteiger charge is -2.09. The molecular formula is C12H10F3N3O. The van der Waals surface area contributed by atoms with E-state index in [1.807, 2.05) is 0 Å². The maximum absolute atomic E-state index is 13.4. The van der Waals surface area contributed by atoms with Crippen LogP contribution in [-0.2, 0) is 6.54 Å². The number of alkyl halides is 2. The van der Waals surface area contributed by atoms with Gasteiger partial charge in [0, 0.05) is 24.1 Å². The minimum absolute atomic E-state index is 0.350. The Bertz CT molecular complexity index is 537. The van der Waals surface area contributed by atoms with Gasteiger partial charge in [0.15, 0.2) is 11.6 Å². The van der Waals surface area contributed by atoms with E-state index in [4.69, 9.17) is 0 Å². The summed E-state index contributed by atoms with van der Waals surface area (Å²) in [7, 11) is 0. The molecular weight excluding hydrogens is 259 g/mol. The molecule has 0 atom stereocenters. The second-order valence-electron chi connectivity index (χ2n) is 3.57. The predicted molar refractivity (Wildman–Crippen MR) is 62.4 cm³/mol.